The molecule has 6 nitrogen and oxygen atoms in total. The number of nitrogens with one attached hydrogen (secondary N) is 1. The fourth-order valence-corrected chi connectivity index (χ4v) is 2.31. The third-order valence-corrected chi connectivity index (χ3v) is 3.67. The van der Waals surface area contributed by atoms with Crippen LogP contribution in [0.2, 0.25) is 0 Å². The molecule has 0 saturated carbocycles. The molecule has 0 radical (unpaired) electrons. The van der Waals surface area contributed by atoms with Crippen molar-refractivity contribution in [2.24, 2.45) is 0 Å². The Morgan fingerprint density at radius 2 is 1.96 bits per heavy atom. The largest absolute Gasteiger partial charge is 0.375 e. The number of para-hydroxylation sites is 1. The van der Waals surface area contributed by atoms with Crippen LogP contribution in [0.1, 0.15) is 12.0 Å². The highest BCUT2D eigenvalue weighted by atomic mass is 16.6. The van der Waals surface area contributed by atoms with Crippen LogP contribution in [-0.2, 0) is 4.79 Å². The van der Waals surface area contributed by atoms with Crippen LogP contribution in [0.3, 0.4) is 0 Å². The third kappa shape index (κ3) is 6.10. The van der Waals surface area contributed by atoms with Gasteiger partial charge in [0.25, 0.3) is 5.69 Å². The molecule has 0 aliphatic carbocycles. The highest BCUT2D eigenvalue weighted by Crippen LogP contribution is 2.14. The molecule has 130 valence electrons. The van der Waals surface area contributed by atoms with E-state index in [1.165, 1.54) is 18.2 Å². The van der Waals surface area contributed by atoms with Crippen molar-refractivity contribution < 1.29 is 9.72 Å². The van der Waals surface area contributed by atoms with Crippen molar-refractivity contribution in [1.29, 1.82) is 0 Å². The second-order valence-electron chi connectivity index (χ2n) is 5.59. The number of carbonyl (C=O) groups excluding carboxylic acids is 1. The molecule has 2 aromatic carbocycles. The van der Waals surface area contributed by atoms with Crippen molar-refractivity contribution in [3.05, 3.63) is 76.4 Å². The van der Waals surface area contributed by atoms with Gasteiger partial charge in [-0.15, -0.1) is 0 Å². The number of nitro groups is 1. The number of nitro benzene ring substituents is 1. The molecule has 0 unspecified atom stereocenters. The van der Waals surface area contributed by atoms with Gasteiger partial charge in [-0.05, 0) is 30.2 Å². The molecule has 2 aromatic rings. The van der Waals surface area contributed by atoms with Gasteiger partial charge >= 0.3 is 0 Å². The Labute approximate surface area is 146 Å². The van der Waals surface area contributed by atoms with E-state index < -0.39 is 4.92 Å². The van der Waals surface area contributed by atoms with E-state index in [9.17, 15) is 14.9 Å². The normalized spacial score (nSPS) is 10.6. The number of amides is 1. The van der Waals surface area contributed by atoms with Gasteiger partial charge in [0.05, 0.1) is 4.92 Å². The Kier molecular flexibility index (Phi) is 6.71. The number of nitrogens with zero attached hydrogens (tertiary/aromatic N) is 2. The summed E-state index contributed by atoms with van der Waals surface area (Å²) in [5, 5.41) is 13.5. The molecule has 0 aliphatic heterocycles. The van der Waals surface area contributed by atoms with Gasteiger partial charge in [-0.1, -0.05) is 30.3 Å². The molecule has 0 saturated heterocycles. The van der Waals surface area contributed by atoms with Gasteiger partial charge in [0, 0.05) is 44.0 Å². The lowest BCUT2D eigenvalue weighted by atomic mass is 10.2. The lowest BCUT2D eigenvalue weighted by molar-refractivity contribution is -0.384. The lowest BCUT2D eigenvalue weighted by Gasteiger charge is -2.18. The predicted octanol–water partition coefficient (Wildman–Crippen LogP) is 3.25. The number of non-ortho nitro benzene ring substituents is 1. The molecule has 1 N–H and O–H groups in total. The van der Waals surface area contributed by atoms with Crippen LogP contribution in [0, 0.1) is 10.1 Å². The molecule has 0 aliphatic rings. The van der Waals surface area contributed by atoms with E-state index in [0.29, 0.717) is 12.1 Å². The topological polar surface area (TPSA) is 75.5 Å². The molecule has 0 aromatic heterocycles. The third-order valence-electron chi connectivity index (χ3n) is 3.67. The van der Waals surface area contributed by atoms with E-state index in [2.05, 4.69) is 10.2 Å². The lowest BCUT2D eigenvalue weighted by Crippen LogP contribution is -2.26. The van der Waals surface area contributed by atoms with E-state index in [1.54, 1.807) is 18.2 Å². The van der Waals surface area contributed by atoms with Crippen LogP contribution < -0.4 is 10.2 Å². The van der Waals surface area contributed by atoms with Crippen LogP contribution >= 0.6 is 0 Å². The number of anilines is 1. The van der Waals surface area contributed by atoms with Crippen molar-refractivity contribution in [2.45, 2.75) is 6.42 Å². The maximum Gasteiger partial charge on any atom is 0.270 e. The molecule has 0 bridgehead atoms. The smallest absolute Gasteiger partial charge is 0.270 e. The fraction of sp³-hybridized carbons (Fsp3) is 0.211. The first-order valence-electron chi connectivity index (χ1n) is 8.03. The average Bonchev–Trinajstić information content (AvgIpc) is 2.64. The van der Waals surface area contributed by atoms with Gasteiger partial charge in [0.1, 0.15) is 0 Å². The molecule has 6 heteroatoms. The maximum atomic E-state index is 11.8. The predicted molar refractivity (Wildman–Crippen MR) is 99.5 cm³/mol. The Morgan fingerprint density at radius 1 is 1.20 bits per heavy atom. The van der Waals surface area contributed by atoms with Crippen LogP contribution in [0.15, 0.2) is 60.7 Å². The van der Waals surface area contributed by atoms with E-state index in [-0.39, 0.29) is 11.6 Å². The number of hydrogen-bond donors (Lipinski definition) is 1. The summed E-state index contributed by atoms with van der Waals surface area (Å²) in [4.78, 5) is 24.2. The molecule has 2 rings (SSSR count). The molecule has 0 spiro atoms. The minimum Gasteiger partial charge on any atom is -0.375 e. The molecular weight excluding hydrogens is 318 g/mol. The Hall–Kier alpha value is -3.15. The Balaban J connectivity index is 1.73. The second-order valence-corrected chi connectivity index (χ2v) is 5.59. The van der Waals surface area contributed by atoms with Crippen LogP contribution in [0.4, 0.5) is 11.4 Å². The molecular formula is C19H21N3O3. The van der Waals surface area contributed by atoms with Gasteiger partial charge < -0.3 is 10.2 Å². The summed E-state index contributed by atoms with van der Waals surface area (Å²) in [6.07, 6.45) is 3.78. The van der Waals surface area contributed by atoms with Gasteiger partial charge in [0.15, 0.2) is 0 Å². The van der Waals surface area contributed by atoms with E-state index in [4.69, 9.17) is 0 Å². The van der Waals surface area contributed by atoms with E-state index in [1.807, 2.05) is 37.4 Å². The second kappa shape index (κ2) is 9.22. The maximum absolute atomic E-state index is 11.8. The number of rotatable bonds is 8. The quantitative estimate of drug-likeness (QED) is 0.347. The summed E-state index contributed by atoms with van der Waals surface area (Å²) in [5.41, 5.74) is 1.76. The zero-order chi connectivity index (χ0) is 18.1. The Bertz CT molecular complexity index is 745. The molecule has 0 heterocycles. The summed E-state index contributed by atoms with van der Waals surface area (Å²) < 4.78 is 0. The summed E-state index contributed by atoms with van der Waals surface area (Å²) in [7, 11) is 2.01. The van der Waals surface area contributed by atoms with Crippen LogP contribution in [0.5, 0.6) is 0 Å². The monoisotopic (exact) mass is 339 g/mol. The van der Waals surface area contributed by atoms with E-state index >= 15 is 0 Å². The summed E-state index contributed by atoms with van der Waals surface area (Å²) in [6.45, 7) is 1.40. The van der Waals surface area contributed by atoms with Crippen molar-refractivity contribution in [2.75, 3.05) is 25.0 Å². The number of carbonyl (C=O) groups is 1. The fourth-order valence-electron chi connectivity index (χ4n) is 2.31. The summed E-state index contributed by atoms with van der Waals surface area (Å²) in [6, 6.07) is 16.2. The molecule has 1 amide bonds. The van der Waals surface area contributed by atoms with Crippen LogP contribution in [-0.4, -0.2) is 31.0 Å². The Morgan fingerprint density at radius 3 is 2.68 bits per heavy atom. The molecule has 0 fully saturated rings. The van der Waals surface area contributed by atoms with Crippen molar-refractivity contribution >= 4 is 23.4 Å². The first-order chi connectivity index (χ1) is 12.1. The molecule has 25 heavy (non-hydrogen) atoms. The zero-order valence-corrected chi connectivity index (χ0v) is 14.1. The minimum absolute atomic E-state index is 0.00603. The first kappa shape index (κ1) is 18.2. The SMILES string of the molecule is CN(CCCNC(=O)/C=C/c1cccc([N+](=O)[O-])c1)c1ccccc1. The van der Waals surface area contributed by atoms with Gasteiger partial charge in [-0.25, -0.2) is 0 Å². The van der Waals surface area contributed by atoms with Gasteiger partial charge in [0.2, 0.25) is 5.91 Å². The first-order valence-corrected chi connectivity index (χ1v) is 8.03. The van der Waals surface area contributed by atoms with Crippen molar-refractivity contribution in [3.8, 4) is 0 Å². The van der Waals surface area contributed by atoms with Gasteiger partial charge in [-0.3, -0.25) is 14.9 Å². The minimum atomic E-state index is -0.458. The van der Waals surface area contributed by atoms with Crippen LogP contribution in [0.25, 0.3) is 6.08 Å². The zero-order valence-electron chi connectivity index (χ0n) is 14.1. The molecule has 0 atom stereocenters. The summed E-state index contributed by atoms with van der Waals surface area (Å²) >= 11 is 0. The number of hydrogen-bond acceptors (Lipinski definition) is 4. The van der Waals surface area contributed by atoms with Gasteiger partial charge in [-0.2, -0.15) is 0 Å². The standard InChI is InChI=1S/C19H21N3O3/c1-21(17-8-3-2-4-9-17)14-6-13-20-19(23)12-11-16-7-5-10-18(15-16)22(24)25/h2-5,7-12,15H,6,13-14H2,1H3,(H,20,23)/b12-11+. The summed E-state index contributed by atoms with van der Waals surface area (Å²) in [5.74, 6) is -0.214. The van der Waals surface area contributed by atoms with Crippen molar-refractivity contribution in [3.63, 3.8) is 0 Å². The highest BCUT2D eigenvalue weighted by molar-refractivity contribution is 5.91. The van der Waals surface area contributed by atoms with Crippen molar-refractivity contribution in [1.82, 2.24) is 5.32 Å². The van der Waals surface area contributed by atoms with E-state index in [0.717, 1.165) is 18.7 Å². The highest BCUT2D eigenvalue weighted by Gasteiger charge is 2.04. The average molecular weight is 339 g/mol. The number of benzene rings is 2.